The maximum absolute atomic E-state index is 12.9. The summed E-state index contributed by atoms with van der Waals surface area (Å²) in [6.45, 7) is 3.53. The number of rotatable bonds is 4. The maximum Gasteiger partial charge on any atom is 0.227 e. The average Bonchev–Trinajstić information content (AvgIpc) is 3.35. The maximum atomic E-state index is 12.9. The van der Waals surface area contributed by atoms with Crippen molar-refractivity contribution in [2.75, 3.05) is 31.1 Å². The highest BCUT2D eigenvalue weighted by Gasteiger charge is 2.31. The lowest BCUT2D eigenvalue weighted by atomic mass is 9.96. The molecule has 1 aliphatic carbocycles. The van der Waals surface area contributed by atoms with Gasteiger partial charge in [0.1, 0.15) is 11.5 Å². The molecule has 1 N–H and O–H groups in total. The van der Waals surface area contributed by atoms with Crippen LogP contribution in [0, 0.1) is 5.92 Å². The van der Waals surface area contributed by atoms with Crippen molar-refractivity contribution in [3.8, 4) is 11.5 Å². The van der Waals surface area contributed by atoms with Crippen molar-refractivity contribution in [1.29, 1.82) is 0 Å². The van der Waals surface area contributed by atoms with Gasteiger partial charge in [0.2, 0.25) is 5.91 Å². The predicted molar refractivity (Wildman–Crippen MR) is 120 cm³/mol. The molecule has 1 atom stereocenters. The first-order valence-corrected chi connectivity index (χ1v) is 11.6. The van der Waals surface area contributed by atoms with Crippen LogP contribution in [-0.2, 0) is 4.79 Å². The van der Waals surface area contributed by atoms with Gasteiger partial charge < -0.3 is 14.8 Å². The van der Waals surface area contributed by atoms with E-state index in [-0.39, 0.29) is 5.92 Å². The second-order valence-corrected chi connectivity index (χ2v) is 9.19. The van der Waals surface area contributed by atoms with Gasteiger partial charge in [-0.05, 0) is 74.3 Å². The Balaban J connectivity index is 1.23. The van der Waals surface area contributed by atoms with Crippen molar-refractivity contribution in [2.45, 2.75) is 44.4 Å². The minimum atomic E-state index is 0.0773. The van der Waals surface area contributed by atoms with E-state index in [4.69, 9.17) is 9.97 Å². The van der Waals surface area contributed by atoms with E-state index in [1.165, 1.54) is 18.4 Å². The molecule has 3 fully saturated rings. The van der Waals surface area contributed by atoms with Crippen LogP contribution in [-0.4, -0.2) is 56.9 Å². The summed E-state index contributed by atoms with van der Waals surface area (Å²) >= 11 is 0. The fourth-order valence-corrected chi connectivity index (χ4v) is 5.01. The van der Waals surface area contributed by atoms with Gasteiger partial charge in [0.25, 0.3) is 0 Å². The van der Waals surface area contributed by atoms with Crippen LogP contribution in [0.15, 0.2) is 30.5 Å². The van der Waals surface area contributed by atoms with Crippen molar-refractivity contribution in [2.24, 2.45) is 5.92 Å². The lowest BCUT2D eigenvalue weighted by Gasteiger charge is -2.34. The standard InChI is InChI=1S/C24H28N6O/c31-24(29-11-1-2-12-29)18-4-3-13-30(15-18)21-8-7-19-22(27-21)28-23(26-19)20-14-17(9-10-25-20)16-5-6-16/h7-10,14,16,18H,1-6,11-13,15H2,(H,26,27,28). The fourth-order valence-electron chi connectivity index (χ4n) is 5.01. The number of pyridine rings is 2. The molecular weight excluding hydrogens is 388 g/mol. The van der Waals surface area contributed by atoms with Gasteiger partial charge >= 0.3 is 0 Å². The van der Waals surface area contributed by atoms with Crippen LogP contribution in [0.5, 0.6) is 0 Å². The Bertz CT molecular complexity index is 1110. The number of likely N-dealkylation sites (tertiary alicyclic amines) is 1. The number of amides is 1. The van der Waals surface area contributed by atoms with E-state index in [9.17, 15) is 4.79 Å². The van der Waals surface area contributed by atoms with Gasteiger partial charge in [0, 0.05) is 32.4 Å². The molecule has 6 rings (SSSR count). The van der Waals surface area contributed by atoms with Gasteiger partial charge in [-0.3, -0.25) is 9.78 Å². The predicted octanol–water partition coefficient (Wildman–Crippen LogP) is 3.74. The van der Waals surface area contributed by atoms with Crippen molar-refractivity contribution in [3.05, 3.63) is 36.0 Å². The summed E-state index contributed by atoms with van der Waals surface area (Å²) in [6, 6.07) is 8.34. The number of nitrogens with zero attached hydrogens (tertiary/aromatic N) is 5. The Labute approximate surface area is 181 Å². The van der Waals surface area contributed by atoms with Crippen LogP contribution < -0.4 is 4.90 Å². The molecule has 3 aromatic rings. The summed E-state index contributed by atoms with van der Waals surface area (Å²) in [4.78, 5) is 34.7. The number of piperidine rings is 1. The van der Waals surface area contributed by atoms with Crippen molar-refractivity contribution < 1.29 is 4.79 Å². The molecule has 1 saturated carbocycles. The first-order valence-electron chi connectivity index (χ1n) is 11.6. The molecule has 0 spiro atoms. The third-order valence-electron chi connectivity index (χ3n) is 6.92. The Morgan fingerprint density at radius 2 is 1.87 bits per heavy atom. The molecule has 5 heterocycles. The summed E-state index contributed by atoms with van der Waals surface area (Å²) < 4.78 is 0. The molecule has 7 nitrogen and oxygen atoms in total. The molecule has 1 amide bonds. The monoisotopic (exact) mass is 416 g/mol. The van der Waals surface area contributed by atoms with Crippen LogP contribution >= 0.6 is 0 Å². The number of hydrogen-bond donors (Lipinski definition) is 1. The summed E-state index contributed by atoms with van der Waals surface area (Å²) in [5, 5.41) is 0. The van der Waals surface area contributed by atoms with Crippen molar-refractivity contribution >= 4 is 22.9 Å². The van der Waals surface area contributed by atoms with Gasteiger partial charge in [-0.2, -0.15) is 0 Å². The first kappa shape index (κ1) is 18.8. The summed E-state index contributed by atoms with van der Waals surface area (Å²) in [5.74, 6) is 2.76. The summed E-state index contributed by atoms with van der Waals surface area (Å²) in [6.07, 6.45) is 8.69. The molecule has 31 heavy (non-hydrogen) atoms. The third-order valence-corrected chi connectivity index (χ3v) is 6.92. The molecular formula is C24H28N6O. The van der Waals surface area contributed by atoms with Gasteiger partial charge in [0.15, 0.2) is 11.5 Å². The van der Waals surface area contributed by atoms with Crippen LogP contribution in [0.3, 0.4) is 0 Å². The number of H-pyrrole nitrogens is 1. The molecule has 0 radical (unpaired) electrons. The lowest BCUT2D eigenvalue weighted by Crippen LogP contribution is -2.44. The quantitative estimate of drug-likeness (QED) is 0.701. The van der Waals surface area contributed by atoms with E-state index in [2.05, 4.69) is 27.0 Å². The zero-order chi connectivity index (χ0) is 20.8. The molecule has 7 heteroatoms. The third kappa shape index (κ3) is 3.66. The van der Waals surface area contributed by atoms with Gasteiger partial charge in [-0.25, -0.2) is 9.97 Å². The molecule has 3 aliphatic rings. The SMILES string of the molecule is O=C(C1CCCN(c2ccc3[nH]c(-c4cc(C5CC5)ccn4)nc3n2)C1)N1CCCC1. The molecule has 160 valence electrons. The zero-order valence-electron chi connectivity index (χ0n) is 17.8. The Morgan fingerprint density at radius 3 is 2.71 bits per heavy atom. The van der Waals surface area contributed by atoms with Gasteiger partial charge in [-0.1, -0.05) is 0 Å². The molecule has 1 unspecified atom stereocenters. The number of nitrogens with one attached hydrogen (secondary N) is 1. The van der Waals surface area contributed by atoms with E-state index >= 15 is 0 Å². The zero-order valence-corrected chi connectivity index (χ0v) is 17.8. The van der Waals surface area contributed by atoms with Gasteiger partial charge in [-0.15, -0.1) is 0 Å². The average molecular weight is 417 g/mol. The van der Waals surface area contributed by atoms with Crippen LogP contribution in [0.25, 0.3) is 22.7 Å². The number of fused-ring (bicyclic) bond motifs is 1. The lowest BCUT2D eigenvalue weighted by molar-refractivity contribution is -0.134. The Morgan fingerprint density at radius 1 is 1.00 bits per heavy atom. The number of anilines is 1. The van der Waals surface area contributed by atoms with Crippen molar-refractivity contribution in [1.82, 2.24) is 24.8 Å². The largest absolute Gasteiger partial charge is 0.356 e. The molecule has 0 aromatic carbocycles. The Kier molecular flexibility index (Phi) is 4.62. The second kappa shape index (κ2) is 7.62. The smallest absolute Gasteiger partial charge is 0.227 e. The molecule has 2 saturated heterocycles. The number of carbonyl (C=O) groups excluding carboxylic acids is 1. The van der Waals surface area contributed by atoms with Crippen LogP contribution in [0.1, 0.15) is 50.0 Å². The highest BCUT2D eigenvalue weighted by atomic mass is 16.2. The molecule has 0 bridgehead atoms. The van der Waals surface area contributed by atoms with Crippen LogP contribution in [0.4, 0.5) is 5.82 Å². The fraction of sp³-hybridized carbons (Fsp3) is 0.500. The summed E-state index contributed by atoms with van der Waals surface area (Å²) in [5.41, 5.74) is 3.84. The number of carbonyl (C=O) groups is 1. The summed E-state index contributed by atoms with van der Waals surface area (Å²) in [7, 11) is 0. The number of hydrogen-bond acceptors (Lipinski definition) is 5. The number of aromatic amines is 1. The minimum Gasteiger partial charge on any atom is -0.356 e. The number of imidazole rings is 1. The first-order chi connectivity index (χ1) is 15.2. The van der Waals surface area contributed by atoms with E-state index in [0.717, 1.165) is 74.7 Å². The van der Waals surface area contributed by atoms with E-state index in [0.29, 0.717) is 17.5 Å². The number of aromatic nitrogens is 4. The van der Waals surface area contributed by atoms with Gasteiger partial charge in [0.05, 0.1) is 11.4 Å². The Hall–Kier alpha value is -2.96. The molecule has 2 aliphatic heterocycles. The highest BCUT2D eigenvalue weighted by molar-refractivity contribution is 5.80. The highest BCUT2D eigenvalue weighted by Crippen LogP contribution is 2.40. The van der Waals surface area contributed by atoms with E-state index in [1.54, 1.807) is 0 Å². The normalized spacial score (nSPS) is 21.7. The second-order valence-electron chi connectivity index (χ2n) is 9.19. The van der Waals surface area contributed by atoms with E-state index < -0.39 is 0 Å². The topological polar surface area (TPSA) is 78.0 Å². The van der Waals surface area contributed by atoms with E-state index in [1.807, 2.05) is 23.2 Å². The van der Waals surface area contributed by atoms with Crippen LogP contribution in [0.2, 0.25) is 0 Å². The minimum absolute atomic E-state index is 0.0773. The van der Waals surface area contributed by atoms with Crippen molar-refractivity contribution in [3.63, 3.8) is 0 Å². The molecule has 3 aromatic heterocycles.